The van der Waals surface area contributed by atoms with Crippen molar-refractivity contribution in [2.75, 3.05) is 6.61 Å². The van der Waals surface area contributed by atoms with Crippen molar-refractivity contribution in [1.29, 1.82) is 0 Å². The second-order valence-electron chi connectivity index (χ2n) is 9.91. The summed E-state index contributed by atoms with van der Waals surface area (Å²) in [6, 6.07) is 2.68. The number of rotatable bonds is 4. The Morgan fingerprint density at radius 3 is 2.58 bits per heavy atom. The highest BCUT2D eigenvalue weighted by Gasteiger charge is 2.33. The SMILES string of the molecule is Cc1nc2c(-c3ccc(C(F)(F)F)cc3F)nc([C@@H]3CCO[C@@H](c4cnn(C5CC5)c4)C3)nc2c(=O)n1C. The molecule has 2 fully saturated rings. The van der Waals surface area contributed by atoms with Gasteiger partial charge in [-0.3, -0.25) is 14.0 Å². The maximum atomic E-state index is 15.1. The minimum absolute atomic E-state index is 0.0120. The van der Waals surface area contributed by atoms with Gasteiger partial charge in [-0.1, -0.05) is 0 Å². The number of nitrogens with zero attached hydrogens (tertiary/aromatic N) is 6. The van der Waals surface area contributed by atoms with Gasteiger partial charge in [0.2, 0.25) is 0 Å². The van der Waals surface area contributed by atoms with Gasteiger partial charge in [-0.15, -0.1) is 0 Å². The van der Waals surface area contributed by atoms with E-state index in [1.165, 1.54) is 4.57 Å². The van der Waals surface area contributed by atoms with Crippen LogP contribution in [-0.2, 0) is 18.0 Å². The topological polar surface area (TPSA) is 87.7 Å². The quantitative estimate of drug-likeness (QED) is 0.346. The Hall–Kier alpha value is -3.67. The fourth-order valence-electron chi connectivity index (χ4n) is 4.85. The van der Waals surface area contributed by atoms with Gasteiger partial charge in [-0.2, -0.15) is 18.3 Å². The van der Waals surface area contributed by atoms with Crippen LogP contribution in [-0.4, -0.2) is 35.9 Å². The highest BCUT2D eigenvalue weighted by Crippen LogP contribution is 2.40. The van der Waals surface area contributed by atoms with Crippen molar-refractivity contribution >= 4 is 11.0 Å². The lowest BCUT2D eigenvalue weighted by Crippen LogP contribution is -2.25. The minimum atomic E-state index is -4.70. The Kier molecular flexibility index (Phi) is 5.82. The van der Waals surface area contributed by atoms with E-state index in [1.807, 2.05) is 10.9 Å². The number of hydrogen-bond acceptors (Lipinski definition) is 6. The van der Waals surface area contributed by atoms with Crippen LogP contribution in [0.1, 0.15) is 66.5 Å². The van der Waals surface area contributed by atoms with Crippen LogP contribution in [0, 0.1) is 12.7 Å². The van der Waals surface area contributed by atoms with Crippen molar-refractivity contribution in [3.05, 3.63) is 69.5 Å². The molecule has 4 aromatic rings. The summed E-state index contributed by atoms with van der Waals surface area (Å²) in [6.45, 7) is 2.02. The summed E-state index contributed by atoms with van der Waals surface area (Å²) >= 11 is 0. The van der Waals surface area contributed by atoms with Crippen LogP contribution in [0.15, 0.2) is 35.4 Å². The summed E-state index contributed by atoms with van der Waals surface area (Å²) in [5.74, 6) is -0.698. The predicted molar refractivity (Wildman–Crippen MR) is 129 cm³/mol. The van der Waals surface area contributed by atoms with Gasteiger partial charge in [-0.25, -0.2) is 19.3 Å². The third-order valence-corrected chi connectivity index (χ3v) is 7.28. The number of ether oxygens (including phenoxy) is 1. The van der Waals surface area contributed by atoms with Gasteiger partial charge in [0.25, 0.3) is 5.56 Å². The molecule has 2 atom stereocenters. The van der Waals surface area contributed by atoms with Crippen LogP contribution in [0.2, 0.25) is 0 Å². The van der Waals surface area contributed by atoms with Crippen LogP contribution >= 0.6 is 0 Å². The second kappa shape index (κ2) is 8.97. The number of aryl methyl sites for hydroxylation is 1. The van der Waals surface area contributed by atoms with E-state index in [1.54, 1.807) is 20.2 Å². The van der Waals surface area contributed by atoms with E-state index >= 15 is 4.39 Å². The predicted octanol–water partition coefficient (Wildman–Crippen LogP) is 5.02. The van der Waals surface area contributed by atoms with Crippen molar-refractivity contribution in [3.8, 4) is 11.3 Å². The molecule has 4 heterocycles. The Labute approximate surface area is 214 Å². The number of aromatic nitrogens is 6. The van der Waals surface area contributed by atoms with E-state index in [0.29, 0.717) is 43.2 Å². The maximum absolute atomic E-state index is 15.1. The summed E-state index contributed by atoms with van der Waals surface area (Å²) in [4.78, 5) is 26.7. The van der Waals surface area contributed by atoms with Crippen molar-refractivity contribution in [3.63, 3.8) is 0 Å². The van der Waals surface area contributed by atoms with E-state index in [0.717, 1.165) is 30.5 Å². The Morgan fingerprint density at radius 1 is 1.08 bits per heavy atom. The number of hydrogen-bond donors (Lipinski definition) is 0. The molecule has 0 spiro atoms. The molecular formula is C26H24F4N6O2. The Bertz CT molecular complexity index is 1610. The van der Waals surface area contributed by atoms with E-state index in [2.05, 4.69) is 20.1 Å². The van der Waals surface area contributed by atoms with Gasteiger partial charge in [0.1, 0.15) is 28.7 Å². The molecule has 12 heteroatoms. The summed E-state index contributed by atoms with van der Waals surface area (Å²) in [5.41, 5.74) is -0.785. The van der Waals surface area contributed by atoms with Gasteiger partial charge in [0.15, 0.2) is 5.52 Å². The monoisotopic (exact) mass is 528 g/mol. The zero-order chi connectivity index (χ0) is 26.8. The van der Waals surface area contributed by atoms with Crippen LogP contribution in [0.3, 0.4) is 0 Å². The molecular weight excluding hydrogens is 504 g/mol. The lowest BCUT2D eigenvalue weighted by atomic mass is 9.92. The largest absolute Gasteiger partial charge is 0.416 e. The standard InChI is InChI=1S/C26H24F4N6O2/c1-13-32-22-21(18-6-3-16(10-19(18)27)26(28,29)30)33-24(34-23(22)25(37)35(13)2)14-7-8-38-20(9-14)15-11-31-36(12-15)17-4-5-17/h3,6,10-12,14,17,20H,4-5,7-9H2,1-2H3/t14-,20-/m1/s1. The van der Waals surface area contributed by atoms with Gasteiger partial charge in [0.05, 0.1) is 23.9 Å². The van der Waals surface area contributed by atoms with Gasteiger partial charge in [-0.05, 0) is 50.8 Å². The van der Waals surface area contributed by atoms with E-state index < -0.39 is 23.1 Å². The molecule has 1 aliphatic heterocycles. The van der Waals surface area contributed by atoms with Gasteiger partial charge >= 0.3 is 6.18 Å². The first-order valence-corrected chi connectivity index (χ1v) is 12.4. The van der Waals surface area contributed by atoms with Crippen LogP contribution in [0.4, 0.5) is 17.6 Å². The molecule has 38 heavy (non-hydrogen) atoms. The molecule has 0 radical (unpaired) electrons. The fraction of sp³-hybridized carbons (Fsp3) is 0.423. The van der Waals surface area contributed by atoms with E-state index in [-0.39, 0.29) is 34.3 Å². The Morgan fingerprint density at radius 2 is 1.87 bits per heavy atom. The summed E-state index contributed by atoms with van der Waals surface area (Å²) in [7, 11) is 1.55. The zero-order valence-corrected chi connectivity index (χ0v) is 20.7. The first-order valence-electron chi connectivity index (χ1n) is 12.4. The molecule has 0 amide bonds. The molecule has 8 nitrogen and oxygen atoms in total. The zero-order valence-electron chi connectivity index (χ0n) is 20.7. The van der Waals surface area contributed by atoms with E-state index in [9.17, 15) is 18.0 Å². The van der Waals surface area contributed by atoms with E-state index in [4.69, 9.17) is 4.74 Å². The average molecular weight is 529 g/mol. The number of benzene rings is 1. The minimum Gasteiger partial charge on any atom is -0.373 e. The van der Waals surface area contributed by atoms with Crippen molar-refractivity contribution in [2.24, 2.45) is 7.05 Å². The molecule has 2 aliphatic rings. The molecule has 1 aliphatic carbocycles. The number of alkyl halides is 3. The molecule has 0 bridgehead atoms. The maximum Gasteiger partial charge on any atom is 0.416 e. The first kappa shape index (κ1) is 24.7. The molecule has 198 valence electrons. The molecule has 6 rings (SSSR count). The molecule has 0 N–H and O–H groups in total. The van der Waals surface area contributed by atoms with Crippen molar-refractivity contribution in [1.82, 2.24) is 29.3 Å². The second-order valence-corrected chi connectivity index (χ2v) is 9.91. The average Bonchev–Trinajstić information content (AvgIpc) is 3.63. The first-order chi connectivity index (χ1) is 18.1. The highest BCUT2D eigenvalue weighted by atomic mass is 19.4. The van der Waals surface area contributed by atoms with Gasteiger partial charge in [0, 0.05) is 36.9 Å². The summed E-state index contributed by atoms with van der Waals surface area (Å²) in [5, 5.41) is 4.44. The summed E-state index contributed by atoms with van der Waals surface area (Å²) in [6.07, 6.45) is 2.09. The van der Waals surface area contributed by atoms with Crippen molar-refractivity contribution < 1.29 is 22.3 Å². The molecule has 0 unspecified atom stereocenters. The molecule has 1 aromatic carbocycles. The number of halogens is 4. The van der Waals surface area contributed by atoms with Crippen LogP contribution in [0.5, 0.6) is 0 Å². The Balaban J connectivity index is 1.45. The third-order valence-electron chi connectivity index (χ3n) is 7.28. The molecule has 3 aromatic heterocycles. The van der Waals surface area contributed by atoms with Crippen LogP contribution < -0.4 is 5.56 Å². The third kappa shape index (κ3) is 4.36. The van der Waals surface area contributed by atoms with Crippen LogP contribution in [0.25, 0.3) is 22.3 Å². The highest BCUT2D eigenvalue weighted by molar-refractivity contribution is 5.88. The van der Waals surface area contributed by atoms with Gasteiger partial charge < -0.3 is 4.74 Å². The number of fused-ring (bicyclic) bond motifs is 1. The summed E-state index contributed by atoms with van der Waals surface area (Å²) < 4.78 is 63.9. The molecule has 1 saturated heterocycles. The fourth-order valence-corrected chi connectivity index (χ4v) is 4.85. The normalized spacial score (nSPS) is 20.3. The smallest absolute Gasteiger partial charge is 0.373 e. The lowest BCUT2D eigenvalue weighted by Gasteiger charge is -2.28. The lowest BCUT2D eigenvalue weighted by molar-refractivity contribution is -0.137. The van der Waals surface area contributed by atoms with Crippen molar-refractivity contribution in [2.45, 2.75) is 56.8 Å². The molecule has 1 saturated carbocycles.